The average Bonchev–Trinajstić information content (AvgIpc) is 2.22. The summed E-state index contributed by atoms with van der Waals surface area (Å²) in [5.74, 6) is 6.87. The van der Waals surface area contributed by atoms with Gasteiger partial charge >= 0.3 is 0 Å². The molecule has 2 heteroatoms. The molecule has 1 aromatic carbocycles. The highest BCUT2D eigenvalue weighted by Gasteiger charge is 1.94. The summed E-state index contributed by atoms with van der Waals surface area (Å²) in [6.07, 6.45) is 0. The maximum Gasteiger partial charge on any atom is 0.149 e. The van der Waals surface area contributed by atoms with Crippen LogP contribution in [0.5, 0.6) is 5.75 Å². The molecule has 2 nitrogen and oxygen atoms in total. The normalized spacial score (nSPS) is 9.44. The molecule has 0 saturated heterocycles. The second kappa shape index (κ2) is 6.92. The van der Waals surface area contributed by atoms with Crippen molar-refractivity contribution in [3.63, 3.8) is 0 Å². The van der Waals surface area contributed by atoms with E-state index in [9.17, 15) is 0 Å². The van der Waals surface area contributed by atoms with Gasteiger partial charge < -0.3 is 10.1 Å². The molecule has 0 heterocycles. The summed E-state index contributed by atoms with van der Waals surface area (Å²) in [5.41, 5.74) is 2.44. The van der Waals surface area contributed by atoms with Crippen LogP contribution in [0.15, 0.2) is 18.2 Å². The van der Waals surface area contributed by atoms with E-state index in [1.807, 2.05) is 12.1 Å². The monoisotopic (exact) mass is 217 g/mol. The first-order chi connectivity index (χ1) is 7.72. The molecule has 1 rings (SSSR count). The molecule has 0 amide bonds. The molecule has 0 saturated carbocycles. The molecule has 0 aliphatic rings. The molecule has 86 valence electrons. The second-order valence-corrected chi connectivity index (χ2v) is 3.75. The predicted octanol–water partition coefficient (Wildman–Crippen LogP) is 2.30. The summed E-state index contributed by atoms with van der Waals surface area (Å²) >= 11 is 0. The van der Waals surface area contributed by atoms with Gasteiger partial charge in [-0.25, -0.2) is 0 Å². The van der Waals surface area contributed by atoms with Gasteiger partial charge in [0.25, 0.3) is 0 Å². The number of aryl methyl sites for hydroxylation is 2. The van der Waals surface area contributed by atoms with Gasteiger partial charge in [-0.3, -0.25) is 0 Å². The molecule has 0 atom stereocenters. The van der Waals surface area contributed by atoms with Crippen LogP contribution in [0, 0.1) is 25.7 Å². The van der Waals surface area contributed by atoms with Gasteiger partial charge in [0.05, 0.1) is 6.54 Å². The van der Waals surface area contributed by atoms with E-state index in [0.717, 1.165) is 18.8 Å². The minimum Gasteiger partial charge on any atom is -0.481 e. The first-order valence-electron chi connectivity index (χ1n) is 5.60. The fraction of sp³-hybridized carbons (Fsp3) is 0.429. The summed E-state index contributed by atoms with van der Waals surface area (Å²) < 4.78 is 5.55. The molecule has 0 fully saturated rings. The highest BCUT2D eigenvalue weighted by Crippen LogP contribution is 2.15. The Labute approximate surface area is 98.0 Å². The highest BCUT2D eigenvalue weighted by molar-refractivity contribution is 5.33. The zero-order valence-electron chi connectivity index (χ0n) is 10.3. The van der Waals surface area contributed by atoms with Crippen LogP contribution in [0.2, 0.25) is 0 Å². The molecular weight excluding hydrogens is 198 g/mol. The van der Waals surface area contributed by atoms with Gasteiger partial charge in [0.2, 0.25) is 0 Å². The third-order valence-electron chi connectivity index (χ3n) is 2.09. The van der Waals surface area contributed by atoms with Gasteiger partial charge in [-0.05, 0) is 43.7 Å². The van der Waals surface area contributed by atoms with Crippen molar-refractivity contribution in [2.45, 2.75) is 20.8 Å². The summed E-state index contributed by atoms with van der Waals surface area (Å²) in [4.78, 5) is 0. The van der Waals surface area contributed by atoms with E-state index in [4.69, 9.17) is 4.74 Å². The summed E-state index contributed by atoms with van der Waals surface area (Å²) in [6.45, 7) is 8.33. The second-order valence-electron chi connectivity index (χ2n) is 3.75. The molecule has 0 aliphatic carbocycles. The molecule has 0 aliphatic heterocycles. The quantitative estimate of drug-likeness (QED) is 0.617. The van der Waals surface area contributed by atoms with Crippen LogP contribution in [-0.4, -0.2) is 19.7 Å². The zero-order valence-corrected chi connectivity index (χ0v) is 10.3. The Kier molecular flexibility index (Phi) is 5.45. The first kappa shape index (κ1) is 12.6. The summed E-state index contributed by atoms with van der Waals surface area (Å²) in [6, 6.07) is 6.18. The van der Waals surface area contributed by atoms with Crippen LogP contribution in [0.3, 0.4) is 0 Å². The van der Waals surface area contributed by atoms with Crippen LogP contribution >= 0.6 is 0 Å². The van der Waals surface area contributed by atoms with E-state index >= 15 is 0 Å². The first-order valence-corrected chi connectivity index (χ1v) is 5.60. The van der Waals surface area contributed by atoms with Gasteiger partial charge in [0.1, 0.15) is 12.4 Å². The van der Waals surface area contributed by atoms with Crippen molar-refractivity contribution in [1.29, 1.82) is 0 Å². The highest BCUT2D eigenvalue weighted by atomic mass is 16.5. The topological polar surface area (TPSA) is 21.3 Å². The van der Waals surface area contributed by atoms with Gasteiger partial charge in [0, 0.05) is 0 Å². The van der Waals surface area contributed by atoms with Crippen molar-refractivity contribution >= 4 is 0 Å². The summed E-state index contributed by atoms with van der Waals surface area (Å²) in [5, 5.41) is 3.14. The maximum atomic E-state index is 5.55. The lowest BCUT2D eigenvalue weighted by Gasteiger charge is -2.04. The van der Waals surface area contributed by atoms with E-state index in [1.165, 1.54) is 11.1 Å². The Balaban J connectivity index is 2.38. The molecule has 0 radical (unpaired) electrons. The van der Waals surface area contributed by atoms with Crippen LogP contribution in [-0.2, 0) is 0 Å². The number of nitrogens with one attached hydrogen (secondary N) is 1. The number of hydrogen-bond acceptors (Lipinski definition) is 2. The molecular formula is C14H19NO. The Morgan fingerprint density at radius 1 is 1.12 bits per heavy atom. The fourth-order valence-electron chi connectivity index (χ4n) is 1.44. The smallest absolute Gasteiger partial charge is 0.149 e. The number of rotatable bonds is 4. The third kappa shape index (κ3) is 4.86. The van der Waals surface area contributed by atoms with Crippen molar-refractivity contribution < 1.29 is 4.74 Å². The lowest BCUT2D eigenvalue weighted by atomic mass is 10.1. The van der Waals surface area contributed by atoms with E-state index in [1.54, 1.807) is 0 Å². The van der Waals surface area contributed by atoms with Crippen molar-refractivity contribution in [1.82, 2.24) is 5.32 Å². The lowest BCUT2D eigenvalue weighted by Crippen LogP contribution is -2.12. The van der Waals surface area contributed by atoms with E-state index < -0.39 is 0 Å². The van der Waals surface area contributed by atoms with Gasteiger partial charge in [0.15, 0.2) is 0 Å². The van der Waals surface area contributed by atoms with Gasteiger partial charge in [-0.2, -0.15) is 0 Å². The molecule has 16 heavy (non-hydrogen) atoms. The van der Waals surface area contributed by atoms with E-state index in [0.29, 0.717) is 6.61 Å². The Hall–Kier alpha value is -1.46. The Morgan fingerprint density at radius 2 is 1.81 bits per heavy atom. The minimum absolute atomic E-state index is 0.453. The average molecular weight is 217 g/mol. The third-order valence-corrected chi connectivity index (χ3v) is 2.09. The standard InChI is InChI=1S/C14H19NO/c1-4-15-7-5-6-8-16-14-10-12(2)9-13(3)11-14/h9-11,15H,4,7-8H2,1-3H3. The molecule has 0 spiro atoms. The lowest BCUT2D eigenvalue weighted by molar-refractivity contribution is 0.369. The molecule has 0 unspecified atom stereocenters. The summed E-state index contributed by atoms with van der Waals surface area (Å²) in [7, 11) is 0. The number of hydrogen-bond donors (Lipinski definition) is 1. The van der Waals surface area contributed by atoms with E-state index in [-0.39, 0.29) is 0 Å². The van der Waals surface area contributed by atoms with Crippen LogP contribution < -0.4 is 10.1 Å². The van der Waals surface area contributed by atoms with Gasteiger partial charge in [-0.1, -0.05) is 24.8 Å². The zero-order chi connectivity index (χ0) is 11.8. The maximum absolute atomic E-state index is 5.55. The van der Waals surface area contributed by atoms with Gasteiger partial charge in [-0.15, -0.1) is 0 Å². The SMILES string of the molecule is CCNCC#CCOc1cc(C)cc(C)c1. The minimum atomic E-state index is 0.453. The van der Waals surface area contributed by atoms with Crippen LogP contribution in [0.4, 0.5) is 0 Å². The molecule has 0 bridgehead atoms. The Bertz CT molecular complexity index is 367. The van der Waals surface area contributed by atoms with Crippen molar-refractivity contribution in [2.24, 2.45) is 0 Å². The van der Waals surface area contributed by atoms with Crippen LogP contribution in [0.1, 0.15) is 18.1 Å². The molecule has 1 aromatic rings. The fourth-order valence-corrected chi connectivity index (χ4v) is 1.44. The van der Waals surface area contributed by atoms with Crippen molar-refractivity contribution in [3.8, 4) is 17.6 Å². The van der Waals surface area contributed by atoms with Crippen molar-refractivity contribution in [3.05, 3.63) is 29.3 Å². The largest absolute Gasteiger partial charge is 0.481 e. The predicted molar refractivity (Wildman–Crippen MR) is 67.7 cm³/mol. The van der Waals surface area contributed by atoms with Crippen LogP contribution in [0.25, 0.3) is 0 Å². The number of benzene rings is 1. The van der Waals surface area contributed by atoms with Crippen molar-refractivity contribution in [2.75, 3.05) is 19.7 Å². The number of ether oxygens (including phenoxy) is 1. The molecule has 1 N–H and O–H groups in total. The molecule has 0 aromatic heterocycles. The van der Waals surface area contributed by atoms with E-state index in [2.05, 4.69) is 44.0 Å². The Morgan fingerprint density at radius 3 is 2.44 bits per heavy atom.